The normalized spacial score (nSPS) is 32.1. The lowest BCUT2D eigenvalue weighted by Gasteiger charge is -2.45. The number of carbonyl (C=O) groups excluding carboxylic acids is 1. The van der Waals surface area contributed by atoms with Crippen molar-refractivity contribution in [3.8, 4) is 0 Å². The molecule has 2 atom stereocenters. The molecular weight excluding hydrogens is 236 g/mol. The fraction of sp³-hybridized carbons (Fsp3) is 0.941. The number of ether oxygens (including phenoxy) is 1. The molecule has 0 aliphatic heterocycles. The second-order valence-electron chi connectivity index (χ2n) is 7.37. The molecule has 112 valence electrons. The van der Waals surface area contributed by atoms with Crippen molar-refractivity contribution >= 4 is 5.97 Å². The molecule has 0 bridgehead atoms. The second kappa shape index (κ2) is 6.76. The van der Waals surface area contributed by atoms with Gasteiger partial charge in [0.2, 0.25) is 0 Å². The minimum atomic E-state index is -0.121. The van der Waals surface area contributed by atoms with Crippen LogP contribution in [0.4, 0.5) is 0 Å². The van der Waals surface area contributed by atoms with Crippen molar-refractivity contribution in [2.45, 2.75) is 67.4 Å². The summed E-state index contributed by atoms with van der Waals surface area (Å²) in [5, 5.41) is 0. The molecule has 0 heterocycles. The number of carbonyl (C=O) groups is 1. The third kappa shape index (κ3) is 4.22. The first-order chi connectivity index (χ1) is 8.73. The van der Waals surface area contributed by atoms with Crippen LogP contribution in [0.25, 0.3) is 0 Å². The number of rotatable bonds is 4. The maximum Gasteiger partial charge on any atom is 0.302 e. The van der Waals surface area contributed by atoms with E-state index in [1.165, 1.54) is 12.8 Å². The maximum absolute atomic E-state index is 11.4. The monoisotopic (exact) mass is 268 g/mol. The SMILES string of the molecule is CC(=O)OC1C(C(C)C)CC(C(C)C)CC1C(C)C. The van der Waals surface area contributed by atoms with Gasteiger partial charge in [-0.15, -0.1) is 0 Å². The van der Waals surface area contributed by atoms with Crippen LogP contribution in [-0.4, -0.2) is 12.1 Å². The van der Waals surface area contributed by atoms with Crippen molar-refractivity contribution in [2.24, 2.45) is 35.5 Å². The third-order valence-corrected chi connectivity index (χ3v) is 4.95. The zero-order valence-electron chi connectivity index (χ0n) is 13.8. The summed E-state index contributed by atoms with van der Waals surface area (Å²) in [6.07, 6.45) is 2.53. The molecule has 2 unspecified atom stereocenters. The Hall–Kier alpha value is -0.530. The number of esters is 1. The molecule has 0 spiro atoms. The van der Waals surface area contributed by atoms with Crippen LogP contribution in [-0.2, 0) is 9.53 Å². The standard InChI is InChI=1S/C17H32O2/c1-10(2)14-8-15(11(3)4)17(19-13(7)18)16(9-14)12(5)6/h10-12,14-17H,8-9H2,1-7H3. The van der Waals surface area contributed by atoms with E-state index in [0.29, 0.717) is 23.7 Å². The Morgan fingerprint density at radius 1 is 0.895 bits per heavy atom. The summed E-state index contributed by atoms with van der Waals surface area (Å²) in [5.74, 6) is 3.55. The van der Waals surface area contributed by atoms with Gasteiger partial charge in [-0.3, -0.25) is 4.79 Å². The van der Waals surface area contributed by atoms with Gasteiger partial charge in [0.1, 0.15) is 6.10 Å². The van der Waals surface area contributed by atoms with Gasteiger partial charge in [0.25, 0.3) is 0 Å². The number of hydrogen-bond donors (Lipinski definition) is 0. The van der Waals surface area contributed by atoms with E-state index in [-0.39, 0.29) is 12.1 Å². The fourth-order valence-electron chi connectivity index (χ4n) is 3.59. The first kappa shape index (κ1) is 16.5. The molecule has 19 heavy (non-hydrogen) atoms. The van der Waals surface area contributed by atoms with E-state index >= 15 is 0 Å². The molecule has 1 aliphatic carbocycles. The zero-order chi connectivity index (χ0) is 14.7. The van der Waals surface area contributed by atoms with E-state index in [2.05, 4.69) is 41.5 Å². The van der Waals surface area contributed by atoms with E-state index < -0.39 is 0 Å². The summed E-state index contributed by atoms with van der Waals surface area (Å²) in [7, 11) is 0. The van der Waals surface area contributed by atoms with Gasteiger partial charge >= 0.3 is 5.97 Å². The molecule has 0 saturated heterocycles. The van der Waals surface area contributed by atoms with Crippen molar-refractivity contribution in [1.29, 1.82) is 0 Å². The first-order valence-corrected chi connectivity index (χ1v) is 7.91. The Labute approximate surface area is 119 Å². The summed E-state index contributed by atoms with van der Waals surface area (Å²) >= 11 is 0. The first-order valence-electron chi connectivity index (χ1n) is 7.91. The molecule has 1 fully saturated rings. The molecule has 2 nitrogen and oxygen atoms in total. The van der Waals surface area contributed by atoms with Gasteiger partial charge in [-0.05, 0) is 48.3 Å². The molecule has 1 rings (SSSR count). The largest absolute Gasteiger partial charge is 0.462 e. The topological polar surface area (TPSA) is 26.3 Å². The van der Waals surface area contributed by atoms with E-state index in [1.807, 2.05) is 0 Å². The molecule has 0 aromatic rings. The van der Waals surface area contributed by atoms with Crippen LogP contribution >= 0.6 is 0 Å². The van der Waals surface area contributed by atoms with Gasteiger partial charge in [-0.2, -0.15) is 0 Å². The molecule has 0 amide bonds. The van der Waals surface area contributed by atoms with Gasteiger partial charge in [0.05, 0.1) is 0 Å². The van der Waals surface area contributed by atoms with Crippen molar-refractivity contribution in [1.82, 2.24) is 0 Å². The zero-order valence-corrected chi connectivity index (χ0v) is 13.8. The van der Waals surface area contributed by atoms with Crippen LogP contribution in [0.2, 0.25) is 0 Å². The highest BCUT2D eigenvalue weighted by molar-refractivity contribution is 5.66. The Bertz CT molecular complexity index is 276. The van der Waals surface area contributed by atoms with Crippen molar-refractivity contribution in [3.63, 3.8) is 0 Å². The summed E-state index contributed by atoms with van der Waals surface area (Å²) in [4.78, 5) is 11.4. The van der Waals surface area contributed by atoms with E-state index in [9.17, 15) is 4.79 Å². The molecule has 1 saturated carbocycles. The summed E-state index contributed by atoms with van der Waals surface area (Å²) in [6.45, 7) is 15.3. The van der Waals surface area contributed by atoms with Crippen molar-refractivity contribution in [2.75, 3.05) is 0 Å². The highest BCUT2D eigenvalue weighted by Gasteiger charge is 2.42. The lowest BCUT2D eigenvalue weighted by atomic mass is 9.63. The average molecular weight is 268 g/mol. The minimum Gasteiger partial charge on any atom is -0.462 e. The average Bonchev–Trinajstić information content (AvgIpc) is 2.27. The highest BCUT2D eigenvalue weighted by atomic mass is 16.5. The molecule has 1 aliphatic rings. The van der Waals surface area contributed by atoms with Gasteiger partial charge in [-0.25, -0.2) is 0 Å². The third-order valence-electron chi connectivity index (χ3n) is 4.95. The number of hydrogen-bond acceptors (Lipinski definition) is 2. The molecule has 0 N–H and O–H groups in total. The van der Waals surface area contributed by atoms with Gasteiger partial charge in [-0.1, -0.05) is 41.5 Å². The Balaban J connectivity index is 2.96. The molecule has 2 heteroatoms. The molecule has 0 aromatic heterocycles. The van der Waals surface area contributed by atoms with E-state index in [0.717, 1.165) is 11.8 Å². The Morgan fingerprint density at radius 2 is 1.32 bits per heavy atom. The predicted molar refractivity (Wildman–Crippen MR) is 79.8 cm³/mol. The van der Waals surface area contributed by atoms with Gasteiger partial charge in [0, 0.05) is 6.92 Å². The van der Waals surface area contributed by atoms with Gasteiger partial charge < -0.3 is 4.74 Å². The lowest BCUT2D eigenvalue weighted by Crippen LogP contribution is -2.45. The van der Waals surface area contributed by atoms with E-state index in [1.54, 1.807) is 6.92 Å². The minimum absolute atomic E-state index is 0.118. The summed E-state index contributed by atoms with van der Waals surface area (Å²) < 4.78 is 5.73. The van der Waals surface area contributed by atoms with Crippen molar-refractivity contribution < 1.29 is 9.53 Å². The lowest BCUT2D eigenvalue weighted by molar-refractivity contribution is -0.161. The summed E-state index contributed by atoms with van der Waals surface area (Å²) in [6, 6.07) is 0. The molecule has 0 aromatic carbocycles. The maximum atomic E-state index is 11.4. The quantitative estimate of drug-likeness (QED) is 0.700. The molecular formula is C17H32O2. The van der Waals surface area contributed by atoms with Crippen LogP contribution in [0.15, 0.2) is 0 Å². The van der Waals surface area contributed by atoms with Crippen molar-refractivity contribution in [3.05, 3.63) is 0 Å². The van der Waals surface area contributed by atoms with Crippen LogP contribution in [0.3, 0.4) is 0 Å². The van der Waals surface area contributed by atoms with Crippen LogP contribution in [0.1, 0.15) is 61.3 Å². The van der Waals surface area contributed by atoms with Crippen LogP contribution in [0, 0.1) is 35.5 Å². The Kier molecular flexibility index (Phi) is 5.88. The van der Waals surface area contributed by atoms with E-state index in [4.69, 9.17) is 4.74 Å². The Morgan fingerprint density at radius 3 is 1.58 bits per heavy atom. The fourth-order valence-corrected chi connectivity index (χ4v) is 3.59. The second-order valence-corrected chi connectivity index (χ2v) is 7.37. The molecule has 0 radical (unpaired) electrons. The van der Waals surface area contributed by atoms with Gasteiger partial charge in [0.15, 0.2) is 0 Å². The van der Waals surface area contributed by atoms with Crippen LogP contribution in [0.5, 0.6) is 0 Å². The van der Waals surface area contributed by atoms with Crippen LogP contribution < -0.4 is 0 Å². The smallest absolute Gasteiger partial charge is 0.302 e. The summed E-state index contributed by atoms with van der Waals surface area (Å²) in [5.41, 5.74) is 0. The highest BCUT2D eigenvalue weighted by Crippen LogP contribution is 2.44. The predicted octanol–water partition coefficient (Wildman–Crippen LogP) is 4.53.